The molecular weight excluding hydrogens is 248 g/mol. The van der Waals surface area contributed by atoms with E-state index in [1.165, 1.54) is 18.4 Å². The average molecular weight is 270 g/mol. The van der Waals surface area contributed by atoms with Crippen molar-refractivity contribution in [1.29, 1.82) is 0 Å². The number of nitrogens with zero attached hydrogens (tertiary/aromatic N) is 1. The summed E-state index contributed by atoms with van der Waals surface area (Å²) in [5, 5.41) is 3.57. The lowest BCUT2D eigenvalue weighted by Crippen LogP contribution is -2.25. The zero-order valence-corrected chi connectivity index (χ0v) is 12.2. The van der Waals surface area contributed by atoms with Gasteiger partial charge in [-0.05, 0) is 24.3 Å². The van der Waals surface area contributed by atoms with Gasteiger partial charge in [0.1, 0.15) is 5.76 Å². The van der Waals surface area contributed by atoms with Gasteiger partial charge in [-0.2, -0.15) is 0 Å². The predicted octanol–water partition coefficient (Wildman–Crippen LogP) is 4.04. The number of rotatable bonds is 6. The zero-order chi connectivity index (χ0) is 13.9. The molecule has 3 heteroatoms. The number of hydrogen-bond donors (Lipinski definition) is 1. The van der Waals surface area contributed by atoms with Crippen LogP contribution in [0.25, 0.3) is 0 Å². The lowest BCUT2D eigenvalue weighted by Gasteiger charge is -2.22. The molecule has 1 aliphatic carbocycles. The Morgan fingerprint density at radius 1 is 1.25 bits per heavy atom. The first-order chi connectivity index (χ1) is 9.74. The van der Waals surface area contributed by atoms with Crippen LogP contribution in [0.4, 0.5) is 0 Å². The van der Waals surface area contributed by atoms with E-state index in [-0.39, 0.29) is 0 Å². The van der Waals surface area contributed by atoms with Crippen molar-refractivity contribution >= 4 is 0 Å². The topological polar surface area (TPSA) is 38.1 Å². The Bertz CT molecular complexity index is 543. The molecule has 1 fully saturated rings. The molecule has 0 saturated heterocycles. The van der Waals surface area contributed by atoms with Crippen LogP contribution in [0, 0.1) is 5.92 Å². The summed E-state index contributed by atoms with van der Waals surface area (Å²) in [5.74, 6) is 3.01. The molecule has 1 heterocycles. The van der Waals surface area contributed by atoms with E-state index in [2.05, 4.69) is 54.5 Å². The first kappa shape index (κ1) is 13.4. The molecule has 0 amide bonds. The number of oxazole rings is 1. The Kier molecular flexibility index (Phi) is 3.88. The molecule has 1 saturated carbocycles. The second-order valence-corrected chi connectivity index (χ2v) is 5.94. The normalized spacial score (nSPS) is 16.6. The largest absolute Gasteiger partial charge is 0.444 e. The molecule has 1 aromatic carbocycles. The first-order valence-electron chi connectivity index (χ1n) is 7.47. The number of nitrogens with one attached hydrogen (secondary N) is 1. The Balaban J connectivity index is 1.64. The maximum absolute atomic E-state index is 5.80. The van der Waals surface area contributed by atoms with Crippen LogP contribution in [-0.2, 0) is 6.54 Å². The van der Waals surface area contributed by atoms with Gasteiger partial charge in [0.2, 0.25) is 5.89 Å². The fourth-order valence-electron chi connectivity index (χ4n) is 2.56. The summed E-state index contributed by atoms with van der Waals surface area (Å²) < 4.78 is 5.80. The van der Waals surface area contributed by atoms with Crippen LogP contribution in [0.5, 0.6) is 0 Å². The molecule has 0 spiro atoms. The van der Waals surface area contributed by atoms with Crippen molar-refractivity contribution < 1.29 is 4.42 Å². The van der Waals surface area contributed by atoms with E-state index >= 15 is 0 Å². The van der Waals surface area contributed by atoms with Gasteiger partial charge in [-0.3, -0.25) is 0 Å². The molecule has 20 heavy (non-hydrogen) atoms. The highest BCUT2D eigenvalue weighted by Crippen LogP contribution is 2.40. The molecule has 1 N–H and O–H groups in total. The van der Waals surface area contributed by atoms with Gasteiger partial charge in [0.05, 0.1) is 12.7 Å². The molecule has 1 aromatic heterocycles. The van der Waals surface area contributed by atoms with E-state index in [0.29, 0.717) is 24.4 Å². The maximum Gasteiger partial charge on any atom is 0.208 e. The van der Waals surface area contributed by atoms with E-state index in [4.69, 9.17) is 4.42 Å². The van der Waals surface area contributed by atoms with E-state index in [1.807, 2.05) is 6.20 Å². The summed E-state index contributed by atoms with van der Waals surface area (Å²) in [6.07, 6.45) is 4.39. The number of benzene rings is 1. The van der Waals surface area contributed by atoms with Gasteiger partial charge in [-0.1, -0.05) is 44.2 Å². The molecule has 0 radical (unpaired) electrons. The van der Waals surface area contributed by atoms with Crippen molar-refractivity contribution in [2.75, 3.05) is 0 Å². The highest BCUT2D eigenvalue weighted by molar-refractivity contribution is 5.19. The zero-order valence-electron chi connectivity index (χ0n) is 12.2. The van der Waals surface area contributed by atoms with Crippen LogP contribution in [0.15, 0.2) is 40.9 Å². The van der Waals surface area contributed by atoms with Gasteiger partial charge >= 0.3 is 0 Å². The van der Waals surface area contributed by atoms with E-state index in [9.17, 15) is 0 Å². The van der Waals surface area contributed by atoms with Crippen LogP contribution in [0.1, 0.15) is 55.9 Å². The van der Waals surface area contributed by atoms with Crippen molar-refractivity contribution in [3.63, 3.8) is 0 Å². The average Bonchev–Trinajstić information content (AvgIpc) is 3.20. The third kappa shape index (κ3) is 3.10. The van der Waals surface area contributed by atoms with Crippen molar-refractivity contribution in [1.82, 2.24) is 10.3 Å². The number of aromatic nitrogens is 1. The van der Waals surface area contributed by atoms with Crippen LogP contribution in [-0.4, -0.2) is 4.98 Å². The van der Waals surface area contributed by atoms with Crippen molar-refractivity contribution in [3.05, 3.63) is 53.7 Å². The fraction of sp³-hybridized carbons (Fsp3) is 0.471. The molecule has 3 nitrogen and oxygen atoms in total. The smallest absolute Gasteiger partial charge is 0.208 e. The quantitative estimate of drug-likeness (QED) is 0.861. The molecule has 3 rings (SSSR count). The Labute approximate surface area is 120 Å². The lowest BCUT2D eigenvalue weighted by atomic mass is 9.96. The minimum atomic E-state index is 0.326. The van der Waals surface area contributed by atoms with Gasteiger partial charge in [0.25, 0.3) is 0 Å². The molecule has 0 bridgehead atoms. The summed E-state index contributed by atoms with van der Waals surface area (Å²) in [7, 11) is 0. The fourth-order valence-corrected chi connectivity index (χ4v) is 2.56. The Morgan fingerprint density at radius 2 is 2.00 bits per heavy atom. The van der Waals surface area contributed by atoms with Gasteiger partial charge in [-0.25, -0.2) is 4.98 Å². The third-order valence-corrected chi connectivity index (χ3v) is 3.85. The van der Waals surface area contributed by atoms with E-state index in [1.54, 1.807) is 0 Å². The molecule has 0 aliphatic heterocycles. The highest BCUT2D eigenvalue weighted by Gasteiger charge is 2.27. The summed E-state index contributed by atoms with van der Waals surface area (Å²) in [5.41, 5.74) is 1.32. The SMILES string of the molecule is CC(C)C(NCc1ncc(C2CC2)o1)c1ccccc1. The molecule has 1 aliphatic rings. The molecule has 106 valence electrons. The maximum atomic E-state index is 5.80. The van der Waals surface area contributed by atoms with Gasteiger partial charge in [0.15, 0.2) is 0 Å². The van der Waals surface area contributed by atoms with Crippen LogP contribution in [0.3, 0.4) is 0 Å². The molecule has 1 atom stereocenters. The third-order valence-electron chi connectivity index (χ3n) is 3.85. The summed E-state index contributed by atoms with van der Waals surface area (Å²) in [6, 6.07) is 10.9. The predicted molar refractivity (Wildman–Crippen MR) is 79.3 cm³/mol. The molecule has 1 unspecified atom stereocenters. The summed E-state index contributed by atoms with van der Waals surface area (Å²) in [4.78, 5) is 4.37. The monoisotopic (exact) mass is 270 g/mol. The van der Waals surface area contributed by atoms with E-state index < -0.39 is 0 Å². The second-order valence-electron chi connectivity index (χ2n) is 5.94. The minimum absolute atomic E-state index is 0.326. The first-order valence-corrected chi connectivity index (χ1v) is 7.47. The minimum Gasteiger partial charge on any atom is -0.444 e. The van der Waals surface area contributed by atoms with Crippen LogP contribution >= 0.6 is 0 Å². The van der Waals surface area contributed by atoms with Gasteiger partial charge in [0, 0.05) is 12.0 Å². The standard InChI is InChI=1S/C17H22N2O/c1-12(2)17(14-6-4-3-5-7-14)19-11-16-18-10-15(20-16)13-8-9-13/h3-7,10,12-13,17,19H,8-9,11H2,1-2H3. The van der Waals surface area contributed by atoms with Gasteiger partial charge < -0.3 is 9.73 Å². The van der Waals surface area contributed by atoms with Crippen LogP contribution < -0.4 is 5.32 Å². The molecular formula is C17H22N2O. The van der Waals surface area contributed by atoms with Crippen LogP contribution in [0.2, 0.25) is 0 Å². The van der Waals surface area contributed by atoms with Crippen molar-refractivity contribution in [2.24, 2.45) is 5.92 Å². The number of hydrogen-bond acceptors (Lipinski definition) is 3. The molecule has 2 aromatic rings. The summed E-state index contributed by atoms with van der Waals surface area (Å²) in [6.45, 7) is 5.15. The lowest BCUT2D eigenvalue weighted by molar-refractivity contribution is 0.370. The van der Waals surface area contributed by atoms with Crippen molar-refractivity contribution in [2.45, 2.75) is 45.2 Å². The Hall–Kier alpha value is -1.61. The Morgan fingerprint density at radius 3 is 2.65 bits per heavy atom. The summed E-state index contributed by atoms with van der Waals surface area (Å²) >= 11 is 0. The highest BCUT2D eigenvalue weighted by atomic mass is 16.4. The van der Waals surface area contributed by atoms with Gasteiger partial charge in [-0.15, -0.1) is 0 Å². The van der Waals surface area contributed by atoms with E-state index in [0.717, 1.165) is 11.7 Å². The second kappa shape index (κ2) is 5.80. The van der Waals surface area contributed by atoms with Crippen molar-refractivity contribution in [3.8, 4) is 0 Å².